The van der Waals surface area contributed by atoms with E-state index in [2.05, 4.69) is 0 Å². The zero-order valence-corrected chi connectivity index (χ0v) is 5.59. The van der Waals surface area contributed by atoms with Crippen LogP contribution in [0, 0.1) is 0 Å². The Morgan fingerprint density at radius 1 is 1.62 bits per heavy atom. The molecule has 0 saturated carbocycles. The summed E-state index contributed by atoms with van der Waals surface area (Å²) in [6, 6.07) is 0. The molecule has 0 saturated heterocycles. The second-order valence-electron chi connectivity index (χ2n) is 1.39. The van der Waals surface area contributed by atoms with E-state index in [4.69, 9.17) is 5.11 Å². The van der Waals surface area contributed by atoms with Crippen molar-refractivity contribution in [3.8, 4) is 0 Å². The molecule has 50 valence electrons. The number of carbonyl (C=O) groups excluding carboxylic acids is 1. The molecular weight excluding hydrogens is 106 g/mol. The third kappa shape index (κ3) is 52.1. The quantitative estimate of drug-likeness (QED) is 0.481. The van der Waals surface area contributed by atoms with Crippen molar-refractivity contribution in [1.82, 2.24) is 4.90 Å². The molecule has 1 amide bonds. The van der Waals surface area contributed by atoms with Gasteiger partial charge in [-0.3, -0.25) is 4.79 Å². The number of nitrogens with zero attached hydrogens (tertiary/aromatic N) is 1. The molecule has 0 bridgehead atoms. The van der Waals surface area contributed by atoms with Gasteiger partial charge in [-0.1, -0.05) is 0 Å². The molecule has 3 nitrogen and oxygen atoms in total. The van der Waals surface area contributed by atoms with E-state index < -0.39 is 0 Å². The minimum Gasteiger partial charge on any atom is -0.397 e. The summed E-state index contributed by atoms with van der Waals surface area (Å²) in [6.45, 7) is 1.93. The first-order valence-electron chi connectivity index (χ1n) is 2.41. The van der Waals surface area contributed by atoms with Crippen LogP contribution in [0.5, 0.6) is 0 Å². The number of hydrogen-bond acceptors (Lipinski definition) is 2. The fourth-order valence-corrected chi connectivity index (χ4v) is 0. The molecule has 0 radical (unpaired) electrons. The third-order valence-electron chi connectivity index (χ3n) is 0.211. The van der Waals surface area contributed by atoms with Gasteiger partial charge in [0.25, 0.3) is 0 Å². The van der Waals surface area contributed by atoms with Crippen molar-refractivity contribution in [3.63, 3.8) is 0 Å². The Labute approximate surface area is 49.9 Å². The van der Waals surface area contributed by atoms with Crippen LogP contribution < -0.4 is 0 Å². The number of aliphatic hydroxyl groups excluding tert-OH is 1. The molecule has 0 aromatic rings. The Morgan fingerprint density at radius 2 is 1.75 bits per heavy atom. The highest BCUT2D eigenvalue weighted by Crippen LogP contribution is 1.52. The van der Waals surface area contributed by atoms with Crippen LogP contribution in [-0.4, -0.2) is 37.1 Å². The van der Waals surface area contributed by atoms with Gasteiger partial charge in [0.15, 0.2) is 0 Å². The molecule has 0 aliphatic rings. The second kappa shape index (κ2) is 9.66. The van der Waals surface area contributed by atoms with E-state index in [0.717, 1.165) is 6.41 Å². The van der Waals surface area contributed by atoms with E-state index in [1.807, 2.05) is 0 Å². The van der Waals surface area contributed by atoms with Crippen LogP contribution in [0.3, 0.4) is 0 Å². The van der Waals surface area contributed by atoms with Crippen molar-refractivity contribution in [3.05, 3.63) is 0 Å². The maximum absolute atomic E-state index is 9.43. The lowest BCUT2D eigenvalue weighted by Crippen LogP contribution is -2.06. The number of rotatable bonds is 1. The van der Waals surface area contributed by atoms with E-state index in [9.17, 15) is 4.79 Å². The first-order chi connectivity index (χ1) is 3.68. The molecule has 0 unspecified atom stereocenters. The Balaban J connectivity index is 0. The molecule has 8 heavy (non-hydrogen) atoms. The van der Waals surface area contributed by atoms with Crippen molar-refractivity contribution in [2.24, 2.45) is 0 Å². The predicted molar refractivity (Wildman–Crippen MR) is 32.5 cm³/mol. The summed E-state index contributed by atoms with van der Waals surface area (Å²) in [6.07, 6.45) is 0.750. The highest BCUT2D eigenvalue weighted by Gasteiger charge is 1.68. The first kappa shape index (κ1) is 10.4. The number of amides is 1. The molecule has 0 aromatic carbocycles. The van der Waals surface area contributed by atoms with Crippen molar-refractivity contribution in [2.45, 2.75) is 6.92 Å². The molecule has 0 aliphatic carbocycles. The third-order valence-corrected chi connectivity index (χ3v) is 0.211. The van der Waals surface area contributed by atoms with Gasteiger partial charge in [0.2, 0.25) is 6.41 Å². The molecule has 0 fully saturated rings. The summed E-state index contributed by atoms with van der Waals surface area (Å²) >= 11 is 0. The van der Waals surface area contributed by atoms with E-state index in [0.29, 0.717) is 0 Å². The zero-order chi connectivity index (χ0) is 6.99. The van der Waals surface area contributed by atoms with Crippen LogP contribution in [0.2, 0.25) is 0 Å². The van der Waals surface area contributed by atoms with E-state index in [1.165, 1.54) is 4.90 Å². The van der Waals surface area contributed by atoms with E-state index in [1.54, 1.807) is 21.0 Å². The number of carbonyl (C=O) groups is 1. The smallest absolute Gasteiger partial charge is 0.209 e. The van der Waals surface area contributed by atoms with Crippen LogP contribution in [0.1, 0.15) is 6.92 Å². The summed E-state index contributed by atoms with van der Waals surface area (Å²) in [7, 11) is 3.38. The van der Waals surface area contributed by atoms with Gasteiger partial charge in [0.1, 0.15) is 0 Å². The molecule has 0 aliphatic heterocycles. The van der Waals surface area contributed by atoms with Crippen molar-refractivity contribution >= 4 is 6.41 Å². The summed E-state index contributed by atoms with van der Waals surface area (Å²) < 4.78 is 0. The number of hydrogen-bond donors (Lipinski definition) is 1. The summed E-state index contributed by atoms with van der Waals surface area (Å²) in [5.74, 6) is 0. The molecule has 0 atom stereocenters. The van der Waals surface area contributed by atoms with Gasteiger partial charge < -0.3 is 10.0 Å². The van der Waals surface area contributed by atoms with Gasteiger partial charge in [-0.15, -0.1) is 0 Å². The minimum absolute atomic E-state index is 0.250. The monoisotopic (exact) mass is 119 g/mol. The summed E-state index contributed by atoms with van der Waals surface area (Å²) in [5.41, 5.74) is 0. The van der Waals surface area contributed by atoms with Gasteiger partial charge in [-0.25, -0.2) is 0 Å². The van der Waals surface area contributed by atoms with E-state index >= 15 is 0 Å². The fourth-order valence-electron chi connectivity index (χ4n) is 0. The Bertz CT molecular complexity index is 45.7. The maximum atomic E-state index is 9.43. The Morgan fingerprint density at radius 3 is 1.75 bits per heavy atom. The highest BCUT2D eigenvalue weighted by atomic mass is 16.2. The zero-order valence-electron chi connectivity index (χ0n) is 5.59. The lowest BCUT2D eigenvalue weighted by atomic mass is 10.9. The Kier molecular flexibility index (Phi) is 12.6. The molecule has 0 spiro atoms. The van der Waals surface area contributed by atoms with Crippen LogP contribution in [0.15, 0.2) is 0 Å². The predicted octanol–water partition coefficient (Wildman–Crippen LogP) is -0.297. The van der Waals surface area contributed by atoms with Crippen LogP contribution >= 0.6 is 0 Å². The van der Waals surface area contributed by atoms with Crippen LogP contribution in [0.25, 0.3) is 0 Å². The topological polar surface area (TPSA) is 40.5 Å². The van der Waals surface area contributed by atoms with Crippen LogP contribution in [-0.2, 0) is 4.79 Å². The second-order valence-corrected chi connectivity index (χ2v) is 1.39. The highest BCUT2D eigenvalue weighted by molar-refractivity contribution is 5.45. The van der Waals surface area contributed by atoms with Crippen molar-refractivity contribution in [1.29, 1.82) is 0 Å². The van der Waals surface area contributed by atoms with Crippen molar-refractivity contribution in [2.75, 3.05) is 20.7 Å². The fraction of sp³-hybridized carbons (Fsp3) is 0.800. The van der Waals surface area contributed by atoms with Crippen molar-refractivity contribution < 1.29 is 9.90 Å². The molecule has 0 aromatic heterocycles. The minimum atomic E-state index is 0.250. The Hall–Kier alpha value is -0.570. The first-order valence-corrected chi connectivity index (χ1v) is 2.41. The lowest BCUT2D eigenvalue weighted by Gasteiger charge is -1.93. The average Bonchev–Trinajstić information content (AvgIpc) is 1.69. The summed E-state index contributed by atoms with van der Waals surface area (Å²) in [5, 5.41) is 7.57. The normalized spacial score (nSPS) is 6.50. The van der Waals surface area contributed by atoms with Gasteiger partial charge in [-0.05, 0) is 6.92 Å². The number of aliphatic hydroxyl groups is 1. The van der Waals surface area contributed by atoms with Crippen LogP contribution in [0.4, 0.5) is 0 Å². The van der Waals surface area contributed by atoms with Gasteiger partial charge in [-0.2, -0.15) is 0 Å². The van der Waals surface area contributed by atoms with Gasteiger partial charge in [0.05, 0.1) is 0 Å². The summed E-state index contributed by atoms with van der Waals surface area (Å²) in [4.78, 5) is 10.9. The molecule has 1 N–H and O–H groups in total. The average molecular weight is 119 g/mol. The SMILES string of the molecule is CCO.CN(C)C=O. The van der Waals surface area contributed by atoms with Gasteiger partial charge in [0, 0.05) is 20.7 Å². The molecule has 3 heteroatoms. The maximum Gasteiger partial charge on any atom is 0.209 e. The van der Waals surface area contributed by atoms with E-state index in [-0.39, 0.29) is 6.61 Å². The standard InChI is InChI=1S/C3H7NO.C2H6O/c1-4(2)3-5;1-2-3/h3H,1-2H3;3H,2H2,1H3. The molecular formula is C5H13NO2. The molecule has 0 rings (SSSR count). The lowest BCUT2D eigenvalue weighted by molar-refractivity contribution is -0.115. The van der Waals surface area contributed by atoms with Gasteiger partial charge >= 0.3 is 0 Å². The largest absolute Gasteiger partial charge is 0.397 e. The molecule has 0 heterocycles.